The number of ether oxygens (including phenoxy) is 2. The van der Waals surface area contributed by atoms with Crippen molar-refractivity contribution in [3.8, 4) is 23.1 Å². The minimum Gasteiger partial charge on any atom is -0.497 e. The zero-order valence-electron chi connectivity index (χ0n) is 17.6. The van der Waals surface area contributed by atoms with Gasteiger partial charge in [0.05, 0.1) is 36.2 Å². The predicted molar refractivity (Wildman–Crippen MR) is 113 cm³/mol. The first-order valence-electron chi connectivity index (χ1n) is 9.39. The number of anilines is 1. The molecule has 8 nitrogen and oxygen atoms in total. The maximum Gasteiger partial charge on any atom is 0.340 e. The van der Waals surface area contributed by atoms with Crippen LogP contribution in [-0.4, -0.2) is 29.6 Å². The van der Waals surface area contributed by atoms with E-state index in [2.05, 4.69) is 10.3 Å². The minimum atomic E-state index is -0.739. The van der Waals surface area contributed by atoms with Crippen molar-refractivity contribution in [2.24, 2.45) is 0 Å². The lowest BCUT2D eigenvalue weighted by atomic mass is 10.1. The van der Waals surface area contributed by atoms with E-state index in [0.29, 0.717) is 11.5 Å². The van der Waals surface area contributed by atoms with E-state index >= 15 is 0 Å². The number of esters is 1. The van der Waals surface area contributed by atoms with Gasteiger partial charge in [0.25, 0.3) is 5.89 Å². The van der Waals surface area contributed by atoms with Gasteiger partial charge in [-0.1, -0.05) is 0 Å². The van der Waals surface area contributed by atoms with Crippen LogP contribution in [0.25, 0.3) is 11.3 Å². The van der Waals surface area contributed by atoms with Crippen LogP contribution < -0.4 is 10.1 Å². The first-order valence-corrected chi connectivity index (χ1v) is 9.39. The van der Waals surface area contributed by atoms with Crippen molar-refractivity contribution in [2.75, 3.05) is 12.4 Å². The van der Waals surface area contributed by atoms with Crippen molar-refractivity contribution in [3.63, 3.8) is 0 Å². The molecule has 3 aromatic rings. The lowest BCUT2D eigenvalue weighted by Gasteiger charge is -2.20. The molecule has 0 radical (unpaired) electrons. The summed E-state index contributed by atoms with van der Waals surface area (Å²) < 4.78 is 16.1. The Kier molecular flexibility index (Phi) is 6.07. The van der Waals surface area contributed by atoms with Crippen LogP contribution in [0.15, 0.2) is 53.1 Å². The Labute approximate surface area is 179 Å². The van der Waals surface area contributed by atoms with Crippen LogP contribution in [0.1, 0.15) is 47.4 Å². The average molecular weight is 419 g/mol. The topological polar surface area (TPSA) is 114 Å². The van der Waals surface area contributed by atoms with E-state index in [1.54, 1.807) is 52.1 Å². The van der Waals surface area contributed by atoms with Crippen molar-refractivity contribution in [1.29, 1.82) is 5.26 Å². The molecule has 0 saturated carbocycles. The molecule has 0 aliphatic heterocycles. The highest BCUT2D eigenvalue weighted by Gasteiger charge is 2.23. The van der Waals surface area contributed by atoms with Gasteiger partial charge in [-0.15, -0.1) is 0 Å². The summed E-state index contributed by atoms with van der Waals surface area (Å²) >= 11 is 0. The summed E-state index contributed by atoms with van der Waals surface area (Å²) in [6.45, 7) is 5.18. The Bertz CT molecular complexity index is 1150. The maximum absolute atomic E-state index is 12.7. The van der Waals surface area contributed by atoms with E-state index in [9.17, 15) is 9.59 Å². The molecule has 0 fully saturated rings. The number of nitriles is 1. The highest BCUT2D eigenvalue weighted by Crippen LogP contribution is 2.25. The van der Waals surface area contributed by atoms with Gasteiger partial charge < -0.3 is 19.2 Å². The molecule has 0 aliphatic carbocycles. The van der Waals surface area contributed by atoms with Crippen LogP contribution in [0.5, 0.6) is 5.75 Å². The highest BCUT2D eigenvalue weighted by atomic mass is 16.6. The van der Waals surface area contributed by atoms with Gasteiger partial charge in [-0.05, 0) is 63.2 Å². The number of methoxy groups -OCH3 is 1. The van der Waals surface area contributed by atoms with Gasteiger partial charge >= 0.3 is 11.9 Å². The number of amides is 1. The Hall–Kier alpha value is -4.12. The molecule has 0 aliphatic rings. The molecule has 1 heterocycles. The first-order chi connectivity index (χ1) is 14.7. The van der Waals surface area contributed by atoms with E-state index in [1.165, 1.54) is 24.4 Å². The molecule has 1 aromatic heterocycles. The largest absolute Gasteiger partial charge is 0.497 e. The van der Waals surface area contributed by atoms with Gasteiger partial charge in [0, 0.05) is 5.56 Å². The summed E-state index contributed by atoms with van der Waals surface area (Å²) in [7, 11) is 1.57. The Balaban J connectivity index is 1.84. The SMILES string of the molecule is COc1ccc(-c2cnc(C(=O)Nc3ccc(C#N)cc3C(=O)OC(C)(C)C)o2)cc1. The van der Waals surface area contributed by atoms with Crippen molar-refractivity contribution in [1.82, 2.24) is 4.98 Å². The number of benzene rings is 2. The van der Waals surface area contributed by atoms with E-state index in [1.807, 2.05) is 6.07 Å². The summed E-state index contributed by atoms with van der Waals surface area (Å²) in [5.74, 6) is -0.387. The molecule has 1 amide bonds. The van der Waals surface area contributed by atoms with E-state index < -0.39 is 17.5 Å². The monoisotopic (exact) mass is 419 g/mol. The summed E-state index contributed by atoms with van der Waals surface area (Å²) in [5, 5.41) is 11.8. The van der Waals surface area contributed by atoms with Crippen LogP contribution in [0, 0.1) is 11.3 Å². The molecular formula is C23H21N3O5. The fourth-order valence-corrected chi connectivity index (χ4v) is 2.67. The third-order valence-electron chi connectivity index (χ3n) is 4.09. The number of carbonyl (C=O) groups excluding carboxylic acids is 2. The molecule has 31 heavy (non-hydrogen) atoms. The van der Waals surface area contributed by atoms with Crippen molar-refractivity contribution in [3.05, 3.63) is 65.7 Å². The number of oxazole rings is 1. The van der Waals surface area contributed by atoms with E-state index in [4.69, 9.17) is 19.2 Å². The van der Waals surface area contributed by atoms with Gasteiger partial charge in [-0.3, -0.25) is 4.79 Å². The van der Waals surface area contributed by atoms with Crippen LogP contribution >= 0.6 is 0 Å². The molecule has 3 rings (SSSR count). The van der Waals surface area contributed by atoms with Gasteiger partial charge in [-0.25, -0.2) is 9.78 Å². The second kappa shape index (κ2) is 8.71. The molecule has 8 heteroatoms. The number of rotatable bonds is 5. The van der Waals surface area contributed by atoms with Gasteiger partial charge in [0.15, 0.2) is 5.76 Å². The van der Waals surface area contributed by atoms with Gasteiger partial charge in [-0.2, -0.15) is 5.26 Å². The standard InChI is InChI=1S/C23H21N3O5/c1-23(2,3)31-22(28)17-11-14(12-24)5-10-18(17)26-20(27)21-25-13-19(30-21)15-6-8-16(29-4)9-7-15/h5-11,13H,1-4H3,(H,26,27). The summed E-state index contributed by atoms with van der Waals surface area (Å²) in [5.41, 5.74) is 0.486. The summed E-state index contributed by atoms with van der Waals surface area (Å²) in [4.78, 5) is 29.3. The summed E-state index contributed by atoms with van der Waals surface area (Å²) in [6.07, 6.45) is 1.43. The minimum absolute atomic E-state index is 0.0595. The van der Waals surface area contributed by atoms with Crippen molar-refractivity contribution in [2.45, 2.75) is 26.4 Å². The van der Waals surface area contributed by atoms with Crippen molar-refractivity contribution < 1.29 is 23.5 Å². The number of nitrogens with zero attached hydrogens (tertiary/aromatic N) is 2. The molecular weight excluding hydrogens is 398 g/mol. The van der Waals surface area contributed by atoms with Gasteiger partial charge in [0.1, 0.15) is 11.4 Å². The second-order valence-corrected chi connectivity index (χ2v) is 7.59. The number of carbonyl (C=O) groups is 2. The Morgan fingerprint density at radius 3 is 2.45 bits per heavy atom. The Morgan fingerprint density at radius 1 is 1.13 bits per heavy atom. The number of hydrogen-bond donors (Lipinski definition) is 1. The predicted octanol–water partition coefficient (Wildman–Crippen LogP) is 4.43. The van der Waals surface area contributed by atoms with Crippen LogP contribution in [0.3, 0.4) is 0 Å². The van der Waals surface area contributed by atoms with Crippen molar-refractivity contribution >= 4 is 17.6 Å². The second-order valence-electron chi connectivity index (χ2n) is 7.59. The fraction of sp³-hybridized carbons (Fsp3) is 0.217. The molecule has 0 unspecified atom stereocenters. The lowest BCUT2D eigenvalue weighted by molar-refractivity contribution is 0.00707. The summed E-state index contributed by atoms with van der Waals surface area (Å²) in [6, 6.07) is 13.4. The molecule has 1 N–H and O–H groups in total. The maximum atomic E-state index is 12.7. The van der Waals surface area contributed by atoms with Gasteiger partial charge in [0.2, 0.25) is 0 Å². The number of aromatic nitrogens is 1. The molecule has 0 saturated heterocycles. The smallest absolute Gasteiger partial charge is 0.340 e. The third kappa shape index (κ3) is 5.28. The molecule has 2 aromatic carbocycles. The Morgan fingerprint density at radius 2 is 1.84 bits per heavy atom. The first kappa shape index (κ1) is 21.6. The normalized spacial score (nSPS) is 10.8. The molecule has 0 bridgehead atoms. The zero-order chi connectivity index (χ0) is 22.6. The number of nitrogens with one attached hydrogen (secondary N) is 1. The fourth-order valence-electron chi connectivity index (χ4n) is 2.67. The van der Waals surface area contributed by atoms with Crippen LogP contribution in [-0.2, 0) is 4.74 Å². The number of hydrogen-bond acceptors (Lipinski definition) is 7. The molecule has 0 atom stereocenters. The highest BCUT2D eigenvalue weighted by molar-refractivity contribution is 6.06. The average Bonchev–Trinajstić information content (AvgIpc) is 3.23. The quantitative estimate of drug-likeness (QED) is 0.608. The molecule has 158 valence electrons. The van der Waals surface area contributed by atoms with E-state index in [-0.39, 0.29) is 22.7 Å². The lowest BCUT2D eigenvalue weighted by Crippen LogP contribution is -2.25. The van der Waals surface area contributed by atoms with Crippen LogP contribution in [0.2, 0.25) is 0 Å². The third-order valence-corrected chi connectivity index (χ3v) is 4.09. The van der Waals surface area contributed by atoms with E-state index in [0.717, 1.165) is 5.56 Å². The molecule has 0 spiro atoms. The van der Waals surface area contributed by atoms with Crippen LogP contribution in [0.4, 0.5) is 5.69 Å². The zero-order valence-corrected chi connectivity index (χ0v) is 17.6.